The monoisotopic (exact) mass is 239 g/mol. The molecule has 0 aromatic carbocycles. The summed E-state index contributed by atoms with van der Waals surface area (Å²) in [5.41, 5.74) is -0.501. The first-order chi connectivity index (χ1) is 7.14. The maximum absolute atomic E-state index is 12.0. The summed E-state index contributed by atoms with van der Waals surface area (Å²) in [5.74, 6) is -2.83. The van der Waals surface area contributed by atoms with E-state index < -0.39 is 23.5 Å². The van der Waals surface area contributed by atoms with Gasteiger partial charge in [-0.15, -0.1) is 0 Å². The first-order valence-electron chi connectivity index (χ1n) is 4.72. The molecule has 0 aliphatic carbocycles. The molecule has 0 aromatic rings. The number of alkyl halides is 3. The second-order valence-corrected chi connectivity index (χ2v) is 4.36. The number of nitrogens with zero attached hydrogens (tertiary/aromatic N) is 1. The summed E-state index contributed by atoms with van der Waals surface area (Å²) in [6, 6.07) is 0. The number of amides is 1. The van der Waals surface area contributed by atoms with Crippen molar-refractivity contribution in [3.63, 3.8) is 0 Å². The number of hydrogen-bond acceptors (Lipinski definition) is 2. The Morgan fingerprint density at radius 3 is 2.25 bits per heavy atom. The van der Waals surface area contributed by atoms with Gasteiger partial charge in [-0.1, -0.05) is 6.92 Å². The summed E-state index contributed by atoms with van der Waals surface area (Å²) in [6.07, 6.45) is -4.65. The molecule has 0 saturated carbocycles. The predicted octanol–water partition coefficient (Wildman–Crippen LogP) is 1.26. The summed E-state index contributed by atoms with van der Waals surface area (Å²) in [6.45, 7) is 1.62. The second-order valence-electron chi connectivity index (χ2n) is 4.36. The molecule has 1 saturated heterocycles. The number of aliphatic carboxylic acids is 1. The van der Waals surface area contributed by atoms with Crippen LogP contribution >= 0.6 is 0 Å². The molecule has 1 aliphatic rings. The number of carbonyl (C=O) groups excluding carboxylic acids is 1. The third kappa shape index (κ3) is 2.86. The first-order valence-corrected chi connectivity index (χ1v) is 4.72. The first kappa shape index (κ1) is 12.8. The van der Waals surface area contributed by atoms with Gasteiger partial charge >= 0.3 is 18.1 Å². The van der Waals surface area contributed by atoms with Gasteiger partial charge in [0.25, 0.3) is 0 Å². The van der Waals surface area contributed by atoms with Crippen LogP contribution in [0.1, 0.15) is 19.8 Å². The molecule has 1 aliphatic heterocycles. The van der Waals surface area contributed by atoms with Crippen LogP contribution in [0.25, 0.3) is 0 Å². The van der Waals surface area contributed by atoms with E-state index in [1.54, 1.807) is 6.92 Å². The third-order valence-corrected chi connectivity index (χ3v) is 2.62. The normalized spacial score (nSPS) is 19.1. The Balaban J connectivity index is 2.42. The topological polar surface area (TPSA) is 57.6 Å². The Hall–Kier alpha value is -1.27. The van der Waals surface area contributed by atoms with Crippen LogP contribution in [0.3, 0.4) is 0 Å². The zero-order chi connectivity index (χ0) is 12.6. The minimum absolute atomic E-state index is 0.0291. The van der Waals surface area contributed by atoms with E-state index in [0.29, 0.717) is 4.90 Å². The molecular formula is C9H12F3NO3. The number of likely N-dealkylation sites (tertiary alicyclic amines) is 1. The molecule has 1 heterocycles. The van der Waals surface area contributed by atoms with Gasteiger partial charge in [-0.05, 0) is 6.42 Å². The number of carboxylic acids is 1. The molecule has 1 fully saturated rings. The molecule has 4 nitrogen and oxygen atoms in total. The van der Waals surface area contributed by atoms with Crippen molar-refractivity contribution >= 4 is 11.9 Å². The Bertz CT molecular complexity index is 308. The number of carbonyl (C=O) groups is 2. The van der Waals surface area contributed by atoms with E-state index in [1.165, 1.54) is 0 Å². The fourth-order valence-corrected chi connectivity index (χ4v) is 1.76. The molecule has 1 amide bonds. The summed E-state index contributed by atoms with van der Waals surface area (Å²) in [7, 11) is 0. The van der Waals surface area contributed by atoms with Crippen molar-refractivity contribution in [2.75, 3.05) is 13.1 Å². The van der Waals surface area contributed by atoms with E-state index in [-0.39, 0.29) is 25.9 Å². The Kier molecular flexibility index (Phi) is 3.16. The quantitative estimate of drug-likeness (QED) is 0.806. The summed E-state index contributed by atoms with van der Waals surface area (Å²) >= 11 is 0. The van der Waals surface area contributed by atoms with E-state index in [0.717, 1.165) is 0 Å². The summed E-state index contributed by atoms with van der Waals surface area (Å²) in [4.78, 5) is 21.8. The minimum Gasteiger partial charge on any atom is -0.481 e. The van der Waals surface area contributed by atoms with Crippen molar-refractivity contribution in [1.29, 1.82) is 0 Å². The fraction of sp³-hybridized carbons (Fsp3) is 0.778. The van der Waals surface area contributed by atoms with E-state index in [4.69, 9.17) is 5.11 Å². The molecule has 7 heteroatoms. The highest BCUT2D eigenvalue weighted by molar-refractivity contribution is 5.82. The average Bonchev–Trinajstić information content (AvgIpc) is 2.07. The lowest BCUT2D eigenvalue weighted by Crippen LogP contribution is -2.60. The highest BCUT2D eigenvalue weighted by atomic mass is 19.4. The van der Waals surface area contributed by atoms with Crippen molar-refractivity contribution in [1.82, 2.24) is 4.90 Å². The maximum Gasteiger partial charge on any atom is 0.471 e. The van der Waals surface area contributed by atoms with Crippen LogP contribution in [0.15, 0.2) is 0 Å². The van der Waals surface area contributed by atoms with Crippen LogP contribution in [-0.2, 0) is 9.59 Å². The minimum atomic E-state index is -4.84. The number of carboxylic acid groups (broad SMARTS) is 1. The van der Waals surface area contributed by atoms with Crippen molar-refractivity contribution in [3.8, 4) is 0 Å². The van der Waals surface area contributed by atoms with Crippen molar-refractivity contribution in [3.05, 3.63) is 0 Å². The van der Waals surface area contributed by atoms with E-state index in [9.17, 15) is 22.8 Å². The van der Waals surface area contributed by atoms with Crippen LogP contribution in [0.2, 0.25) is 0 Å². The Labute approximate surface area is 90.0 Å². The lowest BCUT2D eigenvalue weighted by atomic mass is 9.78. The van der Waals surface area contributed by atoms with Crippen molar-refractivity contribution in [2.45, 2.75) is 25.9 Å². The van der Waals surface area contributed by atoms with Crippen molar-refractivity contribution < 1.29 is 27.9 Å². The number of hydrogen-bond donors (Lipinski definition) is 1. The molecule has 16 heavy (non-hydrogen) atoms. The predicted molar refractivity (Wildman–Crippen MR) is 47.6 cm³/mol. The van der Waals surface area contributed by atoms with Crippen molar-refractivity contribution in [2.24, 2.45) is 5.41 Å². The smallest absolute Gasteiger partial charge is 0.471 e. The Morgan fingerprint density at radius 2 is 1.88 bits per heavy atom. The molecular weight excluding hydrogens is 227 g/mol. The third-order valence-electron chi connectivity index (χ3n) is 2.62. The summed E-state index contributed by atoms with van der Waals surface area (Å²) < 4.78 is 36.0. The van der Waals surface area contributed by atoms with Gasteiger partial charge in [-0.25, -0.2) is 0 Å². The average molecular weight is 239 g/mol. The number of halogens is 3. The Morgan fingerprint density at radius 1 is 1.38 bits per heavy atom. The molecule has 92 valence electrons. The van der Waals surface area contributed by atoms with Gasteiger partial charge in [-0.3, -0.25) is 9.59 Å². The maximum atomic E-state index is 12.0. The molecule has 1 rings (SSSR count). The highest BCUT2D eigenvalue weighted by Gasteiger charge is 2.50. The van der Waals surface area contributed by atoms with E-state index in [2.05, 4.69) is 0 Å². The zero-order valence-electron chi connectivity index (χ0n) is 8.67. The van der Waals surface area contributed by atoms with Crippen LogP contribution < -0.4 is 0 Å². The van der Waals surface area contributed by atoms with Crippen LogP contribution in [0, 0.1) is 5.41 Å². The van der Waals surface area contributed by atoms with Gasteiger partial charge in [0.2, 0.25) is 0 Å². The molecule has 0 unspecified atom stereocenters. The number of rotatable bonds is 3. The zero-order valence-corrected chi connectivity index (χ0v) is 8.67. The standard InChI is InChI=1S/C9H12F3NO3/c1-8(3-2-6(14)15)4-13(5-8)7(16)9(10,11)12/h2-5H2,1H3,(H,14,15). The van der Waals surface area contributed by atoms with Gasteiger partial charge in [0, 0.05) is 24.9 Å². The summed E-state index contributed by atoms with van der Waals surface area (Å²) in [5, 5.41) is 8.44. The van der Waals surface area contributed by atoms with Crippen LogP contribution in [0.4, 0.5) is 13.2 Å². The van der Waals surface area contributed by atoms with E-state index >= 15 is 0 Å². The SMILES string of the molecule is CC1(CCC(=O)O)CN(C(=O)C(F)(F)F)C1. The van der Waals surface area contributed by atoms with Crippen LogP contribution in [-0.4, -0.2) is 41.1 Å². The molecule has 0 aromatic heterocycles. The lowest BCUT2D eigenvalue weighted by Gasteiger charge is -2.48. The van der Waals surface area contributed by atoms with Gasteiger partial charge in [0.05, 0.1) is 0 Å². The van der Waals surface area contributed by atoms with Gasteiger partial charge in [0.15, 0.2) is 0 Å². The van der Waals surface area contributed by atoms with Gasteiger partial charge in [0.1, 0.15) is 0 Å². The fourth-order valence-electron chi connectivity index (χ4n) is 1.76. The van der Waals surface area contributed by atoms with Crippen LogP contribution in [0.5, 0.6) is 0 Å². The van der Waals surface area contributed by atoms with Gasteiger partial charge in [-0.2, -0.15) is 13.2 Å². The second kappa shape index (κ2) is 3.95. The molecule has 0 spiro atoms. The molecule has 0 bridgehead atoms. The molecule has 0 radical (unpaired) electrons. The molecule has 0 atom stereocenters. The molecule has 1 N–H and O–H groups in total. The highest BCUT2D eigenvalue weighted by Crippen LogP contribution is 2.36. The lowest BCUT2D eigenvalue weighted by molar-refractivity contribution is -0.196. The van der Waals surface area contributed by atoms with E-state index in [1.807, 2.05) is 0 Å². The largest absolute Gasteiger partial charge is 0.481 e. The van der Waals surface area contributed by atoms with Gasteiger partial charge < -0.3 is 10.0 Å².